The molecule has 1 saturated carbocycles. The Labute approximate surface area is 107 Å². The first-order valence-electron chi connectivity index (χ1n) is 6.77. The number of hydrogen-bond donors (Lipinski definition) is 0. The molecule has 18 heavy (non-hydrogen) atoms. The lowest BCUT2D eigenvalue weighted by molar-refractivity contribution is 0.112. The third kappa shape index (κ3) is 2.30. The minimum Gasteiger partial charge on any atom is -0.298 e. The van der Waals surface area contributed by atoms with Crippen LogP contribution in [0.5, 0.6) is 0 Å². The Bertz CT molecular complexity index is 553. The molecule has 2 aromatic rings. The SMILES string of the molecule is O=Cc1ccc2nn(CC3CCCCC3)cc2c1. The highest BCUT2D eigenvalue weighted by Gasteiger charge is 2.14. The summed E-state index contributed by atoms with van der Waals surface area (Å²) in [6, 6.07) is 5.66. The molecular weight excluding hydrogens is 224 g/mol. The molecule has 0 bridgehead atoms. The van der Waals surface area contributed by atoms with Gasteiger partial charge in [-0.15, -0.1) is 0 Å². The molecule has 1 aromatic carbocycles. The zero-order valence-corrected chi connectivity index (χ0v) is 10.5. The fourth-order valence-electron chi connectivity index (χ4n) is 2.90. The van der Waals surface area contributed by atoms with Gasteiger partial charge in [0.2, 0.25) is 0 Å². The van der Waals surface area contributed by atoms with Crippen LogP contribution in [0.15, 0.2) is 24.4 Å². The largest absolute Gasteiger partial charge is 0.298 e. The Hall–Kier alpha value is -1.64. The predicted molar refractivity (Wildman–Crippen MR) is 71.7 cm³/mol. The minimum absolute atomic E-state index is 0.722. The highest BCUT2D eigenvalue weighted by Crippen LogP contribution is 2.25. The van der Waals surface area contributed by atoms with Crippen molar-refractivity contribution in [2.24, 2.45) is 5.92 Å². The van der Waals surface area contributed by atoms with Crippen molar-refractivity contribution in [1.29, 1.82) is 0 Å². The van der Waals surface area contributed by atoms with Gasteiger partial charge in [0.25, 0.3) is 0 Å². The molecule has 1 fully saturated rings. The smallest absolute Gasteiger partial charge is 0.150 e. The predicted octanol–water partition coefficient (Wildman–Crippen LogP) is 3.43. The highest BCUT2D eigenvalue weighted by atomic mass is 16.1. The summed E-state index contributed by atoms with van der Waals surface area (Å²) in [7, 11) is 0. The van der Waals surface area contributed by atoms with E-state index in [1.807, 2.05) is 18.2 Å². The Balaban J connectivity index is 1.81. The van der Waals surface area contributed by atoms with E-state index in [1.54, 1.807) is 0 Å². The molecule has 3 heteroatoms. The molecule has 1 aliphatic rings. The van der Waals surface area contributed by atoms with Gasteiger partial charge in [-0.25, -0.2) is 0 Å². The van der Waals surface area contributed by atoms with Crippen molar-refractivity contribution in [3.63, 3.8) is 0 Å². The van der Waals surface area contributed by atoms with E-state index in [2.05, 4.69) is 16.0 Å². The average Bonchev–Trinajstić information content (AvgIpc) is 2.80. The van der Waals surface area contributed by atoms with Gasteiger partial charge < -0.3 is 0 Å². The second-order valence-corrected chi connectivity index (χ2v) is 5.29. The van der Waals surface area contributed by atoms with Crippen molar-refractivity contribution in [3.8, 4) is 0 Å². The van der Waals surface area contributed by atoms with E-state index in [-0.39, 0.29) is 0 Å². The molecule has 0 aliphatic heterocycles. The van der Waals surface area contributed by atoms with Gasteiger partial charge in [0, 0.05) is 23.7 Å². The van der Waals surface area contributed by atoms with Crippen molar-refractivity contribution in [3.05, 3.63) is 30.0 Å². The van der Waals surface area contributed by atoms with Crippen LogP contribution in [0, 0.1) is 5.92 Å². The van der Waals surface area contributed by atoms with Crippen LogP contribution in [0.25, 0.3) is 10.9 Å². The number of rotatable bonds is 3. The van der Waals surface area contributed by atoms with Gasteiger partial charge in [-0.3, -0.25) is 9.48 Å². The number of nitrogens with zero attached hydrogens (tertiary/aromatic N) is 2. The molecule has 3 rings (SSSR count). The van der Waals surface area contributed by atoms with Crippen LogP contribution in [0.3, 0.4) is 0 Å². The minimum atomic E-state index is 0.722. The van der Waals surface area contributed by atoms with Crippen LogP contribution in [0.1, 0.15) is 42.5 Å². The van der Waals surface area contributed by atoms with Crippen LogP contribution in [0.4, 0.5) is 0 Å². The molecular formula is C15H18N2O. The molecule has 0 atom stereocenters. The van der Waals surface area contributed by atoms with Crippen LogP contribution < -0.4 is 0 Å². The Morgan fingerprint density at radius 3 is 2.89 bits per heavy atom. The topological polar surface area (TPSA) is 34.9 Å². The summed E-state index contributed by atoms with van der Waals surface area (Å²) < 4.78 is 2.05. The molecule has 0 amide bonds. The molecule has 0 N–H and O–H groups in total. The number of aromatic nitrogens is 2. The van der Waals surface area contributed by atoms with Gasteiger partial charge in [-0.2, -0.15) is 5.10 Å². The monoisotopic (exact) mass is 242 g/mol. The summed E-state index contributed by atoms with van der Waals surface area (Å²) in [6.45, 7) is 1.02. The molecule has 94 valence electrons. The summed E-state index contributed by atoms with van der Waals surface area (Å²) in [6.07, 6.45) is 9.72. The number of benzene rings is 1. The molecule has 1 aromatic heterocycles. The Morgan fingerprint density at radius 2 is 2.11 bits per heavy atom. The Kier molecular flexibility index (Phi) is 3.13. The van der Waals surface area contributed by atoms with Gasteiger partial charge in [0.15, 0.2) is 0 Å². The van der Waals surface area contributed by atoms with E-state index in [9.17, 15) is 4.79 Å². The molecule has 1 aliphatic carbocycles. The van der Waals surface area contributed by atoms with Gasteiger partial charge in [0.05, 0.1) is 5.52 Å². The fraction of sp³-hybridized carbons (Fsp3) is 0.467. The number of fused-ring (bicyclic) bond motifs is 1. The standard InChI is InChI=1S/C15H18N2O/c18-11-13-6-7-15-14(8-13)10-17(16-15)9-12-4-2-1-3-5-12/h6-8,10-12H,1-5,9H2. The van der Waals surface area contributed by atoms with Crippen molar-refractivity contribution in [1.82, 2.24) is 9.78 Å². The van der Waals surface area contributed by atoms with Crippen LogP contribution in [-0.2, 0) is 6.54 Å². The quantitative estimate of drug-likeness (QED) is 0.773. The molecule has 3 nitrogen and oxygen atoms in total. The average molecular weight is 242 g/mol. The first kappa shape index (κ1) is 11.5. The molecule has 1 heterocycles. The highest BCUT2D eigenvalue weighted by molar-refractivity contribution is 5.86. The zero-order chi connectivity index (χ0) is 12.4. The lowest BCUT2D eigenvalue weighted by atomic mass is 9.89. The van der Waals surface area contributed by atoms with Gasteiger partial charge in [0.1, 0.15) is 6.29 Å². The van der Waals surface area contributed by atoms with E-state index < -0.39 is 0 Å². The summed E-state index contributed by atoms with van der Waals surface area (Å²) >= 11 is 0. The van der Waals surface area contributed by atoms with Crippen molar-refractivity contribution >= 4 is 17.2 Å². The second-order valence-electron chi connectivity index (χ2n) is 5.29. The lowest BCUT2D eigenvalue weighted by Gasteiger charge is -2.21. The van der Waals surface area contributed by atoms with E-state index in [0.29, 0.717) is 0 Å². The van der Waals surface area contributed by atoms with Gasteiger partial charge in [-0.05, 0) is 37.0 Å². The maximum Gasteiger partial charge on any atom is 0.150 e. The van der Waals surface area contributed by atoms with Gasteiger partial charge in [-0.1, -0.05) is 19.3 Å². The summed E-state index contributed by atoms with van der Waals surface area (Å²) in [5.74, 6) is 0.776. The first-order valence-corrected chi connectivity index (χ1v) is 6.77. The first-order chi connectivity index (χ1) is 8.85. The zero-order valence-electron chi connectivity index (χ0n) is 10.5. The number of carbonyl (C=O) groups is 1. The summed E-state index contributed by atoms with van der Waals surface area (Å²) in [5.41, 5.74) is 1.70. The Morgan fingerprint density at radius 1 is 1.28 bits per heavy atom. The third-order valence-electron chi connectivity index (χ3n) is 3.88. The van der Waals surface area contributed by atoms with E-state index in [4.69, 9.17) is 0 Å². The lowest BCUT2D eigenvalue weighted by Crippen LogP contribution is -2.14. The van der Waals surface area contributed by atoms with Crippen LogP contribution in [0.2, 0.25) is 0 Å². The van der Waals surface area contributed by atoms with E-state index in [1.165, 1.54) is 32.1 Å². The molecule has 0 radical (unpaired) electrons. The van der Waals surface area contributed by atoms with E-state index >= 15 is 0 Å². The van der Waals surface area contributed by atoms with Gasteiger partial charge >= 0.3 is 0 Å². The number of carbonyl (C=O) groups excluding carboxylic acids is 1. The van der Waals surface area contributed by atoms with E-state index in [0.717, 1.165) is 35.2 Å². The number of aldehydes is 1. The number of hydrogen-bond acceptors (Lipinski definition) is 2. The molecule has 0 saturated heterocycles. The van der Waals surface area contributed by atoms with Crippen LogP contribution >= 0.6 is 0 Å². The fourth-order valence-corrected chi connectivity index (χ4v) is 2.90. The van der Waals surface area contributed by atoms with Crippen molar-refractivity contribution in [2.75, 3.05) is 0 Å². The molecule has 0 unspecified atom stereocenters. The van der Waals surface area contributed by atoms with Crippen LogP contribution in [-0.4, -0.2) is 16.1 Å². The molecule has 0 spiro atoms. The van der Waals surface area contributed by atoms with Crippen molar-refractivity contribution in [2.45, 2.75) is 38.6 Å². The normalized spacial score (nSPS) is 17.1. The summed E-state index contributed by atoms with van der Waals surface area (Å²) in [4.78, 5) is 10.7. The second kappa shape index (κ2) is 4.92. The summed E-state index contributed by atoms with van der Waals surface area (Å²) in [5, 5.41) is 5.65. The van der Waals surface area contributed by atoms with Crippen molar-refractivity contribution < 1.29 is 4.79 Å². The maximum absolute atomic E-state index is 10.7. The third-order valence-corrected chi connectivity index (χ3v) is 3.88. The maximum atomic E-state index is 10.7.